The molecular formula is C31H44F4N6O. The third kappa shape index (κ3) is 11.5. The lowest BCUT2D eigenvalue weighted by Gasteiger charge is -2.29. The van der Waals surface area contributed by atoms with Gasteiger partial charge >= 0.3 is 6.18 Å². The number of halogens is 4. The highest BCUT2D eigenvalue weighted by molar-refractivity contribution is 5.98. The summed E-state index contributed by atoms with van der Waals surface area (Å²) in [5.74, 6) is -0.733. The lowest BCUT2D eigenvalue weighted by Crippen LogP contribution is -2.47. The summed E-state index contributed by atoms with van der Waals surface area (Å²) < 4.78 is 49.7. The number of carbonyl (C=O) groups is 1. The summed E-state index contributed by atoms with van der Waals surface area (Å²) in [5, 5.41) is 11.4. The predicted octanol–water partition coefficient (Wildman–Crippen LogP) is 7.53. The van der Waals surface area contributed by atoms with Crippen molar-refractivity contribution < 1.29 is 22.4 Å². The standard InChI is InChI=1S/C28H35F3N6O.C2H6.CH3F/c1-3-8-24(34-23-10-7-16-33-17-14-23)19-21(4-2)15-18-37(35-32)26-13-12-22-9-5-6-11-25(22)36(27(26)38)20-28(29,30)31;2*1-2/h3,5-7,9,11,14-16,18-19,24,26,32-34H,1,4,8,10,12-13,17,20H2,2H3;1-2H3;1H3/b18-15+,21-19+,35-32?;;. The van der Waals surface area contributed by atoms with E-state index >= 15 is 0 Å². The van der Waals surface area contributed by atoms with Crippen LogP contribution in [0.15, 0.2) is 90.1 Å². The van der Waals surface area contributed by atoms with E-state index in [2.05, 4.69) is 34.6 Å². The number of fused-ring (bicyclic) bond motifs is 1. The molecule has 0 fully saturated rings. The molecule has 1 aromatic carbocycles. The van der Waals surface area contributed by atoms with Crippen molar-refractivity contribution in [1.29, 1.82) is 5.53 Å². The highest BCUT2D eigenvalue weighted by atomic mass is 19.4. The van der Waals surface area contributed by atoms with E-state index < -0.39 is 24.7 Å². The van der Waals surface area contributed by atoms with Gasteiger partial charge in [0, 0.05) is 36.6 Å². The van der Waals surface area contributed by atoms with E-state index in [1.165, 1.54) is 12.3 Å². The van der Waals surface area contributed by atoms with Crippen LogP contribution in [-0.4, -0.2) is 49.4 Å². The molecule has 0 saturated carbocycles. The smallest absolute Gasteiger partial charge is 0.388 e. The first kappa shape index (κ1) is 36.1. The predicted molar refractivity (Wildman–Crippen MR) is 161 cm³/mol. The molecule has 42 heavy (non-hydrogen) atoms. The Balaban J connectivity index is 0.00000211. The SMILES string of the molecule is C=CCC(/C=C(/C=C/N(N=N)C1CCc2ccccc2N(CC(F)(F)F)C1=O)CC)NC1=CCNC=CC1.CC.CF. The summed E-state index contributed by atoms with van der Waals surface area (Å²) in [4.78, 5) is 14.1. The Morgan fingerprint density at radius 2 is 2.02 bits per heavy atom. The molecule has 3 N–H and O–H groups in total. The molecule has 0 radical (unpaired) electrons. The Hall–Kier alpha value is -3.89. The number of anilines is 1. The molecule has 0 saturated heterocycles. The molecule has 2 heterocycles. The van der Waals surface area contributed by atoms with Crippen molar-refractivity contribution >= 4 is 11.6 Å². The molecule has 232 valence electrons. The zero-order valence-electron chi connectivity index (χ0n) is 24.9. The Kier molecular flexibility index (Phi) is 16.6. The molecule has 11 heteroatoms. The van der Waals surface area contributed by atoms with Crippen molar-refractivity contribution in [2.24, 2.45) is 5.22 Å². The summed E-state index contributed by atoms with van der Waals surface area (Å²) >= 11 is 0. The number of aryl methyl sites for hydroxylation is 1. The van der Waals surface area contributed by atoms with Crippen LogP contribution in [0.3, 0.4) is 0 Å². The summed E-state index contributed by atoms with van der Waals surface area (Å²) in [6, 6.07) is 5.56. The second-order valence-electron chi connectivity index (χ2n) is 9.13. The van der Waals surface area contributed by atoms with Crippen molar-refractivity contribution in [2.75, 3.05) is 25.2 Å². The summed E-state index contributed by atoms with van der Waals surface area (Å²) in [6.07, 6.45) is 11.4. The van der Waals surface area contributed by atoms with Crippen LogP contribution < -0.4 is 15.5 Å². The molecule has 2 aliphatic heterocycles. The average molecular weight is 593 g/mol. The van der Waals surface area contributed by atoms with Gasteiger partial charge in [-0.15, -0.1) is 6.58 Å². The van der Waals surface area contributed by atoms with E-state index in [4.69, 9.17) is 5.53 Å². The monoisotopic (exact) mass is 592 g/mol. The Morgan fingerprint density at radius 3 is 2.67 bits per heavy atom. The number of para-hydroxylation sites is 1. The quantitative estimate of drug-likeness (QED) is 0.0816. The molecule has 0 spiro atoms. The maximum absolute atomic E-state index is 13.4. The van der Waals surface area contributed by atoms with E-state index in [0.717, 1.165) is 34.1 Å². The van der Waals surface area contributed by atoms with Crippen LogP contribution in [0.2, 0.25) is 0 Å². The lowest BCUT2D eigenvalue weighted by molar-refractivity contribution is -0.135. The molecular weight excluding hydrogens is 548 g/mol. The van der Waals surface area contributed by atoms with Gasteiger partial charge in [0.15, 0.2) is 0 Å². The fourth-order valence-electron chi connectivity index (χ4n) is 4.52. The van der Waals surface area contributed by atoms with Crippen LogP contribution in [0, 0.1) is 5.53 Å². The van der Waals surface area contributed by atoms with Crippen molar-refractivity contribution in [2.45, 2.75) is 71.1 Å². The van der Waals surface area contributed by atoms with Crippen molar-refractivity contribution in [1.82, 2.24) is 15.6 Å². The Morgan fingerprint density at radius 1 is 1.31 bits per heavy atom. The van der Waals surface area contributed by atoms with Crippen LogP contribution in [0.1, 0.15) is 52.0 Å². The molecule has 7 nitrogen and oxygen atoms in total. The van der Waals surface area contributed by atoms with Crippen molar-refractivity contribution in [3.8, 4) is 0 Å². The normalized spacial score (nSPS) is 17.6. The summed E-state index contributed by atoms with van der Waals surface area (Å²) in [5.41, 5.74) is 10.6. The maximum Gasteiger partial charge on any atom is 0.406 e. The van der Waals surface area contributed by atoms with E-state index in [0.29, 0.717) is 32.0 Å². The van der Waals surface area contributed by atoms with E-state index in [1.54, 1.807) is 24.3 Å². The van der Waals surface area contributed by atoms with Gasteiger partial charge in [-0.2, -0.15) is 18.7 Å². The highest BCUT2D eigenvalue weighted by Gasteiger charge is 2.40. The molecule has 2 unspecified atom stereocenters. The topological polar surface area (TPSA) is 83.8 Å². The fraction of sp³-hybridized carbons (Fsp3) is 0.452. The van der Waals surface area contributed by atoms with Gasteiger partial charge < -0.3 is 15.5 Å². The third-order valence-corrected chi connectivity index (χ3v) is 6.39. The van der Waals surface area contributed by atoms with Crippen LogP contribution in [0.4, 0.5) is 23.2 Å². The number of allylic oxidation sites excluding steroid dienone is 3. The number of benzene rings is 1. The number of hydrogen-bond acceptors (Lipinski definition) is 5. The van der Waals surface area contributed by atoms with Crippen LogP contribution in [-0.2, 0) is 11.2 Å². The summed E-state index contributed by atoms with van der Waals surface area (Å²) in [7, 11) is 0.500. The second-order valence-corrected chi connectivity index (χ2v) is 9.13. The number of hydrogen-bond donors (Lipinski definition) is 3. The zero-order chi connectivity index (χ0) is 31.5. The zero-order valence-corrected chi connectivity index (χ0v) is 24.9. The van der Waals surface area contributed by atoms with Gasteiger partial charge in [-0.05, 0) is 61.2 Å². The number of amides is 1. The minimum absolute atomic E-state index is 0.0254. The maximum atomic E-state index is 13.4. The fourth-order valence-corrected chi connectivity index (χ4v) is 4.52. The number of rotatable bonds is 11. The van der Waals surface area contributed by atoms with Crippen molar-refractivity contribution in [3.05, 3.63) is 90.5 Å². The molecule has 1 amide bonds. The second kappa shape index (κ2) is 19.3. The molecule has 0 aliphatic carbocycles. The summed E-state index contributed by atoms with van der Waals surface area (Å²) in [6.45, 7) is 9.18. The number of carbonyl (C=O) groups excluding carboxylic acids is 1. The van der Waals surface area contributed by atoms with Gasteiger partial charge in [-0.1, -0.05) is 62.4 Å². The highest BCUT2D eigenvalue weighted by Crippen LogP contribution is 2.31. The minimum Gasteiger partial charge on any atom is -0.388 e. The molecule has 2 atom stereocenters. The van der Waals surface area contributed by atoms with Crippen molar-refractivity contribution in [3.63, 3.8) is 0 Å². The van der Waals surface area contributed by atoms with Gasteiger partial charge in [0.1, 0.15) is 12.6 Å². The molecule has 1 aromatic rings. The van der Waals surface area contributed by atoms with Gasteiger partial charge in [0.05, 0.1) is 7.18 Å². The van der Waals surface area contributed by atoms with Crippen LogP contribution in [0.5, 0.6) is 0 Å². The largest absolute Gasteiger partial charge is 0.406 e. The van der Waals surface area contributed by atoms with E-state index in [9.17, 15) is 22.4 Å². The van der Waals surface area contributed by atoms with Gasteiger partial charge in [-0.3, -0.25) is 9.18 Å². The van der Waals surface area contributed by atoms with Gasteiger partial charge in [-0.25, -0.2) is 5.01 Å². The van der Waals surface area contributed by atoms with Gasteiger partial charge in [0.25, 0.3) is 5.91 Å². The minimum atomic E-state index is -4.57. The first-order valence-electron chi connectivity index (χ1n) is 14.1. The molecule has 2 aliphatic rings. The molecule has 0 bridgehead atoms. The number of nitrogens with one attached hydrogen (secondary N) is 3. The van der Waals surface area contributed by atoms with Crippen LogP contribution in [0.25, 0.3) is 0 Å². The Labute approximate surface area is 247 Å². The van der Waals surface area contributed by atoms with E-state index in [1.807, 2.05) is 39.1 Å². The third-order valence-electron chi connectivity index (χ3n) is 6.39. The average Bonchev–Trinajstić information content (AvgIpc) is 3.33. The van der Waals surface area contributed by atoms with E-state index in [-0.39, 0.29) is 18.2 Å². The Bertz CT molecular complexity index is 1110. The molecule has 3 rings (SSSR count). The van der Waals surface area contributed by atoms with Crippen LogP contribution >= 0.6 is 0 Å². The molecule has 0 aromatic heterocycles. The number of nitrogens with zero attached hydrogens (tertiary/aromatic N) is 3. The first-order chi connectivity index (χ1) is 20.3. The number of alkyl halides is 4. The first-order valence-corrected chi connectivity index (χ1v) is 14.1. The lowest BCUT2D eigenvalue weighted by atomic mass is 10.1. The van der Waals surface area contributed by atoms with Gasteiger partial charge in [0.2, 0.25) is 0 Å².